The van der Waals surface area contributed by atoms with Gasteiger partial charge in [-0.1, -0.05) is 6.07 Å². The molecule has 3 N–H and O–H groups in total. The molecule has 1 saturated carbocycles. The van der Waals surface area contributed by atoms with Gasteiger partial charge in [-0.25, -0.2) is 14.8 Å². The summed E-state index contributed by atoms with van der Waals surface area (Å²) in [5.74, 6) is -0.0893. The molecule has 14 heteroatoms. The van der Waals surface area contributed by atoms with Gasteiger partial charge in [-0.3, -0.25) is 19.5 Å². The van der Waals surface area contributed by atoms with E-state index in [1.165, 1.54) is 6.92 Å². The first-order valence-corrected chi connectivity index (χ1v) is 15.1. The minimum absolute atomic E-state index is 0.0813. The zero-order valence-corrected chi connectivity index (χ0v) is 24.4. The van der Waals surface area contributed by atoms with Crippen molar-refractivity contribution in [2.24, 2.45) is 0 Å². The molecule has 0 aromatic carbocycles. The smallest absolute Gasteiger partial charge is 0.413 e. The second-order valence-corrected chi connectivity index (χ2v) is 11.6. The van der Waals surface area contributed by atoms with Crippen LogP contribution >= 0.6 is 23.1 Å². The summed E-state index contributed by atoms with van der Waals surface area (Å²) in [5.41, 5.74) is 3.14. The van der Waals surface area contributed by atoms with Gasteiger partial charge in [0.1, 0.15) is 0 Å². The molecule has 2 fully saturated rings. The maximum atomic E-state index is 13.1. The molecular formula is C28H30N6O6S2. The number of thioether (sulfide) groups is 1. The van der Waals surface area contributed by atoms with Gasteiger partial charge in [-0.15, -0.1) is 0 Å². The number of ether oxygens (including phenoxy) is 2. The number of thiophene rings is 1. The Morgan fingerprint density at radius 1 is 1.17 bits per heavy atom. The third kappa shape index (κ3) is 7.84. The largest absolute Gasteiger partial charge is 0.428 e. The molecule has 0 spiro atoms. The number of pyridine rings is 1. The van der Waals surface area contributed by atoms with Crippen molar-refractivity contribution in [1.29, 1.82) is 0 Å². The normalized spacial score (nSPS) is 21.0. The Balaban J connectivity index is 1.23. The lowest BCUT2D eigenvalue weighted by molar-refractivity contribution is -0.149. The number of carbonyl (C=O) groups is 3. The molecule has 0 radical (unpaired) electrons. The number of aromatic nitrogens is 3. The van der Waals surface area contributed by atoms with Gasteiger partial charge in [0, 0.05) is 41.1 Å². The van der Waals surface area contributed by atoms with E-state index in [2.05, 4.69) is 20.6 Å². The van der Waals surface area contributed by atoms with Gasteiger partial charge in [0.15, 0.2) is 6.23 Å². The zero-order valence-electron chi connectivity index (χ0n) is 22.8. The monoisotopic (exact) mass is 610 g/mol. The van der Waals surface area contributed by atoms with Crippen LogP contribution in [0.15, 0.2) is 52.2 Å². The zero-order chi connectivity index (χ0) is 29.5. The van der Waals surface area contributed by atoms with Crippen LogP contribution in [-0.4, -0.2) is 67.4 Å². The number of aliphatic hydroxyl groups excluding tert-OH is 1. The Hall–Kier alpha value is -4.01. The molecule has 1 aliphatic carbocycles. The number of hydrogen-bond acceptors (Lipinski definition) is 12. The van der Waals surface area contributed by atoms with E-state index in [1.54, 1.807) is 34.6 Å². The lowest BCUT2D eigenvalue weighted by Crippen LogP contribution is -2.44. The number of amides is 2. The van der Waals surface area contributed by atoms with Crippen molar-refractivity contribution in [3.8, 4) is 11.3 Å². The predicted molar refractivity (Wildman–Crippen MR) is 158 cm³/mol. The third-order valence-electron chi connectivity index (χ3n) is 6.81. The molecule has 3 aromatic heterocycles. The number of nitrogens with zero attached hydrogens (tertiary/aromatic N) is 4. The molecular weight excluding hydrogens is 580 g/mol. The van der Waals surface area contributed by atoms with E-state index in [0.29, 0.717) is 29.4 Å². The molecule has 0 bridgehead atoms. The summed E-state index contributed by atoms with van der Waals surface area (Å²) in [5, 5.41) is 19.4. The van der Waals surface area contributed by atoms with Crippen LogP contribution in [0.5, 0.6) is 0 Å². The van der Waals surface area contributed by atoms with Crippen molar-refractivity contribution in [3.63, 3.8) is 0 Å². The van der Waals surface area contributed by atoms with Crippen molar-refractivity contribution in [2.45, 2.75) is 57.5 Å². The van der Waals surface area contributed by atoms with Crippen LogP contribution in [0.1, 0.15) is 44.0 Å². The first kappa shape index (κ1) is 29.5. The van der Waals surface area contributed by atoms with Crippen molar-refractivity contribution >= 4 is 52.4 Å². The second kappa shape index (κ2) is 13.8. The Labute approximate surface area is 250 Å². The van der Waals surface area contributed by atoms with Crippen LogP contribution in [0.4, 0.5) is 15.5 Å². The topological polar surface area (TPSA) is 156 Å². The van der Waals surface area contributed by atoms with E-state index in [1.807, 2.05) is 35.0 Å². The van der Waals surface area contributed by atoms with Gasteiger partial charge < -0.3 is 25.2 Å². The van der Waals surface area contributed by atoms with Crippen LogP contribution in [0, 0.1) is 0 Å². The lowest BCUT2D eigenvalue weighted by atomic mass is 9.90. The highest BCUT2D eigenvalue weighted by Crippen LogP contribution is 2.29. The Kier molecular flexibility index (Phi) is 9.66. The highest BCUT2D eigenvalue weighted by atomic mass is 32.2. The van der Waals surface area contributed by atoms with Crippen molar-refractivity contribution in [2.75, 3.05) is 12.1 Å². The summed E-state index contributed by atoms with van der Waals surface area (Å²) in [6.07, 6.45) is 4.56. The van der Waals surface area contributed by atoms with Crippen molar-refractivity contribution in [1.82, 2.24) is 25.2 Å². The average molecular weight is 611 g/mol. The Bertz CT molecular complexity index is 1440. The first-order chi connectivity index (χ1) is 20.3. The number of carbonyl (C=O) groups excluding carboxylic acids is 3. The fourth-order valence-corrected chi connectivity index (χ4v) is 6.15. The first-order valence-electron chi connectivity index (χ1n) is 13.4. The van der Waals surface area contributed by atoms with Crippen molar-refractivity contribution in [3.05, 3.63) is 63.6 Å². The molecule has 1 aliphatic heterocycles. The highest BCUT2D eigenvalue weighted by molar-refractivity contribution is 8.17. The van der Waals surface area contributed by atoms with Crippen LogP contribution in [0.25, 0.3) is 17.3 Å². The molecule has 1 unspecified atom stereocenters. The molecule has 12 nitrogen and oxygen atoms in total. The molecule has 3 aromatic rings. The van der Waals surface area contributed by atoms with Crippen LogP contribution in [-0.2, 0) is 20.8 Å². The van der Waals surface area contributed by atoms with Crippen LogP contribution in [0.3, 0.4) is 0 Å². The standard InChI is InChI=1S/C28H30N6O6S2/c1-17(35)39-16-40-28(38)34(14-21-3-2-4-23(30-21)18-10-12-41-15-18)22-7-5-19(6-8-22)31-26-29-11-9-20(32-26)13-24-25(36)33-27(37)42-24/h2-4,9-13,15,19,22,25,36H,5-8,14,16H2,1H3,(H,33,37)(H,29,31,32)/b24-13-/t19-,22-,25?. The summed E-state index contributed by atoms with van der Waals surface area (Å²) in [4.78, 5) is 51.5. The number of aliphatic hydroxyl groups is 1. The van der Waals surface area contributed by atoms with E-state index in [0.717, 1.165) is 41.6 Å². The Morgan fingerprint density at radius 2 is 2.00 bits per heavy atom. The lowest BCUT2D eigenvalue weighted by Gasteiger charge is -2.36. The molecule has 42 heavy (non-hydrogen) atoms. The third-order valence-corrected chi connectivity index (χ3v) is 8.37. The minimum Gasteiger partial charge on any atom is -0.428 e. The summed E-state index contributed by atoms with van der Waals surface area (Å²) in [6.45, 7) is 1.05. The molecule has 5 rings (SSSR count). The summed E-state index contributed by atoms with van der Waals surface area (Å²) in [6, 6.07) is 9.41. The number of anilines is 1. The van der Waals surface area contributed by atoms with Crippen LogP contribution < -0.4 is 10.6 Å². The van der Waals surface area contributed by atoms with Gasteiger partial charge in [0.05, 0.1) is 23.6 Å². The van der Waals surface area contributed by atoms with Crippen LogP contribution in [0.2, 0.25) is 0 Å². The second-order valence-electron chi connectivity index (χ2n) is 9.76. The van der Waals surface area contributed by atoms with Gasteiger partial charge >= 0.3 is 12.1 Å². The molecule has 2 amide bonds. The van der Waals surface area contributed by atoms with E-state index in [-0.39, 0.29) is 23.9 Å². The molecule has 1 atom stereocenters. The fraction of sp³-hybridized carbons (Fsp3) is 0.357. The minimum atomic E-state index is -1.04. The Morgan fingerprint density at radius 3 is 2.71 bits per heavy atom. The van der Waals surface area contributed by atoms with E-state index in [4.69, 9.17) is 14.5 Å². The van der Waals surface area contributed by atoms with Gasteiger partial charge in [0.2, 0.25) is 12.7 Å². The molecule has 220 valence electrons. The number of nitrogens with one attached hydrogen (secondary N) is 2. The predicted octanol–water partition coefficient (Wildman–Crippen LogP) is 4.60. The number of hydrogen-bond donors (Lipinski definition) is 3. The van der Waals surface area contributed by atoms with Crippen molar-refractivity contribution < 1.29 is 29.0 Å². The van der Waals surface area contributed by atoms with Gasteiger partial charge in [0.25, 0.3) is 5.24 Å². The number of esters is 1. The van der Waals surface area contributed by atoms with Gasteiger partial charge in [-0.05, 0) is 73.2 Å². The van der Waals surface area contributed by atoms with Gasteiger partial charge in [-0.2, -0.15) is 11.3 Å². The molecule has 1 saturated heterocycles. The fourth-order valence-electron chi connectivity index (χ4n) is 4.77. The van der Waals surface area contributed by atoms with E-state index < -0.39 is 25.1 Å². The SMILES string of the molecule is CC(=O)OCOC(=O)N(Cc1cccc(-c2ccsc2)n1)[C@H]1CC[C@H](Nc2nccc(/C=C3\SC(=O)NC3O)n2)CC1. The highest BCUT2D eigenvalue weighted by Gasteiger charge is 2.31. The average Bonchev–Trinajstić information content (AvgIpc) is 3.62. The summed E-state index contributed by atoms with van der Waals surface area (Å²) in [7, 11) is 0. The van der Waals surface area contributed by atoms with E-state index in [9.17, 15) is 19.5 Å². The van der Waals surface area contributed by atoms with E-state index >= 15 is 0 Å². The number of rotatable bonds is 9. The molecule has 4 heterocycles. The maximum absolute atomic E-state index is 13.1. The summed E-state index contributed by atoms with van der Waals surface area (Å²) >= 11 is 2.52. The maximum Gasteiger partial charge on any atom is 0.413 e. The quantitative estimate of drug-likeness (QED) is 0.230. The summed E-state index contributed by atoms with van der Waals surface area (Å²) < 4.78 is 10.1. The molecule has 2 aliphatic rings.